The minimum absolute atomic E-state index is 0.0542. The van der Waals surface area contributed by atoms with Crippen molar-refractivity contribution in [3.05, 3.63) is 93.8 Å². The highest BCUT2D eigenvalue weighted by Crippen LogP contribution is 2.34. The number of carbonyl (C=O) groups excluding carboxylic acids is 2. The van der Waals surface area contributed by atoms with Crippen LogP contribution in [0.25, 0.3) is 10.9 Å². The first-order chi connectivity index (χ1) is 17.9. The number of ketones is 1. The number of hydrogen-bond acceptors (Lipinski definition) is 6. The lowest BCUT2D eigenvalue weighted by Crippen LogP contribution is -2.31. The fraction of sp³-hybridized carbons (Fsp3) is 0.207. The van der Waals surface area contributed by atoms with Crippen molar-refractivity contribution in [1.82, 2.24) is 4.57 Å². The van der Waals surface area contributed by atoms with Crippen LogP contribution >= 0.6 is 0 Å². The Morgan fingerprint density at radius 2 is 1.54 bits per heavy atom. The van der Waals surface area contributed by atoms with Crippen LogP contribution in [-0.2, 0) is 17.9 Å². The van der Waals surface area contributed by atoms with Crippen LogP contribution < -0.4 is 25.7 Å². The molecule has 0 saturated heterocycles. The maximum atomic E-state index is 13.6. The summed E-state index contributed by atoms with van der Waals surface area (Å²) < 4.78 is 12.9. The summed E-state index contributed by atoms with van der Waals surface area (Å²) in [6.45, 7) is 4.46. The molecule has 0 unspecified atom stereocenters. The van der Waals surface area contributed by atoms with E-state index in [2.05, 4.69) is 10.6 Å². The van der Waals surface area contributed by atoms with Gasteiger partial charge in [-0.3, -0.25) is 19.0 Å². The van der Waals surface area contributed by atoms with E-state index < -0.39 is 0 Å². The van der Waals surface area contributed by atoms with Crippen molar-refractivity contribution in [2.45, 2.75) is 26.9 Å². The molecule has 0 bridgehead atoms. The van der Waals surface area contributed by atoms with Crippen molar-refractivity contribution in [2.75, 3.05) is 23.8 Å². The summed E-state index contributed by atoms with van der Waals surface area (Å²) in [6, 6.07) is 20.0. The standard InChI is InChI=1S/C29H27N3O5/c1-18-3-7-23(8-4-18)30-16-22-13-21-14-26-27(37-12-11-36-26)15-25(21)32(29(22)35)17-28(34)31-24-9-5-20(6-10-24)19(2)33/h3-10,13-15,30H,11-12,16-17H2,1-2H3,(H,31,34). The van der Waals surface area contributed by atoms with Gasteiger partial charge < -0.3 is 20.1 Å². The predicted molar refractivity (Wildman–Crippen MR) is 143 cm³/mol. The molecule has 188 valence electrons. The van der Waals surface area contributed by atoms with Crippen LogP contribution in [0.4, 0.5) is 11.4 Å². The minimum atomic E-state index is -0.363. The second kappa shape index (κ2) is 10.2. The summed E-state index contributed by atoms with van der Waals surface area (Å²) in [6.07, 6.45) is 0. The zero-order valence-corrected chi connectivity index (χ0v) is 20.7. The number of aromatic nitrogens is 1. The number of anilines is 2. The van der Waals surface area contributed by atoms with E-state index in [1.165, 1.54) is 11.5 Å². The van der Waals surface area contributed by atoms with Crippen LogP contribution in [0.15, 0.2) is 71.5 Å². The third-order valence-corrected chi connectivity index (χ3v) is 6.24. The quantitative estimate of drug-likeness (QED) is 0.364. The van der Waals surface area contributed by atoms with Gasteiger partial charge >= 0.3 is 0 Å². The Kier molecular flexibility index (Phi) is 6.64. The summed E-state index contributed by atoms with van der Waals surface area (Å²) in [5.74, 6) is 0.730. The number of nitrogens with zero attached hydrogens (tertiary/aromatic N) is 1. The SMILES string of the molecule is CC(=O)c1ccc(NC(=O)Cn2c(=O)c(CNc3ccc(C)cc3)cc3cc4c(cc32)OCCO4)cc1. The molecule has 3 aromatic carbocycles. The Bertz CT molecular complexity index is 1540. The van der Waals surface area contributed by atoms with E-state index in [1.807, 2.05) is 43.3 Å². The molecule has 0 atom stereocenters. The zero-order valence-electron chi connectivity index (χ0n) is 20.7. The second-order valence-corrected chi connectivity index (χ2v) is 9.02. The van der Waals surface area contributed by atoms with Crippen molar-refractivity contribution in [2.24, 2.45) is 0 Å². The predicted octanol–water partition coefficient (Wildman–Crippen LogP) is 4.53. The first-order valence-electron chi connectivity index (χ1n) is 12.0. The van der Waals surface area contributed by atoms with Gasteiger partial charge in [0.2, 0.25) is 5.91 Å². The number of fused-ring (bicyclic) bond motifs is 2. The number of amides is 1. The van der Waals surface area contributed by atoms with E-state index >= 15 is 0 Å². The van der Waals surface area contributed by atoms with Crippen LogP contribution in [0.2, 0.25) is 0 Å². The zero-order chi connectivity index (χ0) is 25.9. The molecule has 2 N–H and O–H groups in total. The molecule has 0 fully saturated rings. The molecule has 4 aromatic rings. The second-order valence-electron chi connectivity index (χ2n) is 9.02. The van der Waals surface area contributed by atoms with Gasteiger partial charge in [0.1, 0.15) is 19.8 Å². The first-order valence-corrected chi connectivity index (χ1v) is 12.0. The summed E-state index contributed by atoms with van der Waals surface area (Å²) in [4.78, 5) is 38.1. The Balaban J connectivity index is 1.47. The number of ether oxygens (including phenoxy) is 2. The third kappa shape index (κ3) is 5.33. The molecule has 0 radical (unpaired) electrons. The minimum Gasteiger partial charge on any atom is -0.486 e. The molecule has 0 aliphatic carbocycles. The summed E-state index contributed by atoms with van der Waals surface area (Å²) in [5, 5.41) is 6.87. The smallest absolute Gasteiger partial charge is 0.256 e. The van der Waals surface area contributed by atoms with E-state index in [0.29, 0.717) is 53.6 Å². The molecule has 1 aromatic heterocycles. The molecule has 8 nitrogen and oxygen atoms in total. The highest BCUT2D eigenvalue weighted by atomic mass is 16.6. The molecule has 8 heteroatoms. The van der Waals surface area contributed by atoms with Crippen LogP contribution in [0.1, 0.15) is 28.4 Å². The van der Waals surface area contributed by atoms with Gasteiger partial charge in [0.15, 0.2) is 17.3 Å². The van der Waals surface area contributed by atoms with Gasteiger partial charge in [-0.15, -0.1) is 0 Å². The van der Waals surface area contributed by atoms with Gasteiger partial charge in [-0.05, 0) is 62.4 Å². The fourth-order valence-corrected chi connectivity index (χ4v) is 4.26. The molecule has 0 saturated carbocycles. The van der Waals surface area contributed by atoms with Crippen LogP contribution in [0.5, 0.6) is 11.5 Å². The highest BCUT2D eigenvalue weighted by molar-refractivity contribution is 5.96. The van der Waals surface area contributed by atoms with Gasteiger partial charge in [0.25, 0.3) is 5.56 Å². The Morgan fingerprint density at radius 3 is 2.22 bits per heavy atom. The first kappa shape index (κ1) is 24.1. The number of rotatable bonds is 7. The molecular formula is C29H27N3O5. The topological polar surface area (TPSA) is 98.7 Å². The molecule has 5 rings (SSSR count). The molecule has 2 heterocycles. The number of carbonyl (C=O) groups is 2. The maximum Gasteiger partial charge on any atom is 0.256 e. The lowest BCUT2D eigenvalue weighted by atomic mass is 10.1. The van der Waals surface area contributed by atoms with E-state index in [-0.39, 0.29) is 23.8 Å². The third-order valence-electron chi connectivity index (χ3n) is 6.24. The number of hydrogen-bond donors (Lipinski definition) is 2. The largest absolute Gasteiger partial charge is 0.486 e. The summed E-state index contributed by atoms with van der Waals surface area (Å²) in [5.41, 5.74) is 3.96. The van der Waals surface area contributed by atoms with Crippen molar-refractivity contribution in [3.63, 3.8) is 0 Å². The van der Waals surface area contributed by atoms with Crippen LogP contribution in [0.3, 0.4) is 0 Å². The van der Waals surface area contributed by atoms with E-state index in [1.54, 1.807) is 30.3 Å². The molecule has 1 aliphatic heterocycles. The van der Waals surface area contributed by atoms with Crippen molar-refractivity contribution < 1.29 is 19.1 Å². The molecular weight excluding hydrogens is 470 g/mol. The molecule has 1 amide bonds. The Morgan fingerprint density at radius 1 is 0.892 bits per heavy atom. The van der Waals surface area contributed by atoms with E-state index in [4.69, 9.17) is 9.47 Å². The highest BCUT2D eigenvalue weighted by Gasteiger charge is 2.18. The van der Waals surface area contributed by atoms with Crippen LogP contribution in [0, 0.1) is 6.92 Å². The van der Waals surface area contributed by atoms with Gasteiger partial charge in [-0.2, -0.15) is 0 Å². The maximum absolute atomic E-state index is 13.6. The van der Waals surface area contributed by atoms with Crippen molar-refractivity contribution in [3.8, 4) is 11.5 Å². The van der Waals surface area contributed by atoms with Gasteiger partial charge in [-0.25, -0.2) is 0 Å². The van der Waals surface area contributed by atoms with Gasteiger partial charge in [-0.1, -0.05) is 17.7 Å². The lowest BCUT2D eigenvalue weighted by Gasteiger charge is -2.21. The average molecular weight is 498 g/mol. The molecule has 0 spiro atoms. The number of Topliss-reactive ketones (excluding diaryl/α,β-unsaturated/α-hetero) is 1. The molecule has 37 heavy (non-hydrogen) atoms. The number of aryl methyl sites for hydroxylation is 1. The van der Waals surface area contributed by atoms with Gasteiger partial charge in [0.05, 0.1) is 5.52 Å². The van der Waals surface area contributed by atoms with Crippen LogP contribution in [-0.4, -0.2) is 29.5 Å². The number of nitrogens with one attached hydrogen (secondary N) is 2. The Labute approximate surface area is 213 Å². The fourth-order valence-electron chi connectivity index (χ4n) is 4.26. The number of benzene rings is 3. The lowest BCUT2D eigenvalue weighted by molar-refractivity contribution is -0.116. The monoisotopic (exact) mass is 497 g/mol. The average Bonchev–Trinajstić information content (AvgIpc) is 2.89. The normalized spacial score (nSPS) is 12.3. The van der Waals surface area contributed by atoms with Crippen molar-refractivity contribution in [1.29, 1.82) is 0 Å². The Hall–Kier alpha value is -4.59. The summed E-state index contributed by atoms with van der Waals surface area (Å²) in [7, 11) is 0. The van der Waals surface area contributed by atoms with E-state index in [9.17, 15) is 14.4 Å². The van der Waals surface area contributed by atoms with Crippen molar-refractivity contribution >= 4 is 34.0 Å². The number of pyridine rings is 1. The molecule has 1 aliphatic rings. The van der Waals surface area contributed by atoms with Gasteiger partial charge in [0, 0.05) is 40.5 Å². The van der Waals surface area contributed by atoms with E-state index in [0.717, 1.165) is 16.6 Å². The summed E-state index contributed by atoms with van der Waals surface area (Å²) >= 11 is 0.